The number of carbonyl (C=O) groups is 1. The van der Waals surface area contributed by atoms with Crippen LogP contribution in [0.1, 0.15) is 12.0 Å². The van der Waals surface area contributed by atoms with Crippen LogP contribution in [0.15, 0.2) is 24.3 Å². The molecule has 1 aromatic carbocycles. The van der Waals surface area contributed by atoms with Crippen LogP contribution >= 0.6 is 0 Å². The number of carbonyl (C=O) groups excluding carboxylic acids is 1. The Morgan fingerprint density at radius 2 is 2.39 bits per heavy atom. The molecular formula is C13H17NO4. The second kappa shape index (κ2) is 5.37. The van der Waals surface area contributed by atoms with E-state index in [1.54, 1.807) is 7.11 Å². The summed E-state index contributed by atoms with van der Waals surface area (Å²) in [5.41, 5.74) is 5.78. The summed E-state index contributed by atoms with van der Waals surface area (Å²) in [6.07, 6.45) is 0.504. The molecule has 0 amide bonds. The SMILES string of the molecule is COc1cccc(COC(=O)C2(N)CCOC2)c1. The fourth-order valence-electron chi connectivity index (χ4n) is 1.80. The minimum atomic E-state index is -0.987. The van der Waals surface area contributed by atoms with E-state index in [-0.39, 0.29) is 13.2 Å². The first-order valence-corrected chi connectivity index (χ1v) is 5.81. The summed E-state index contributed by atoms with van der Waals surface area (Å²) < 4.78 is 15.4. The highest BCUT2D eigenvalue weighted by Crippen LogP contribution is 2.19. The zero-order chi connectivity index (χ0) is 13.0. The van der Waals surface area contributed by atoms with Gasteiger partial charge in [0.15, 0.2) is 0 Å². The van der Waals surface area contributed by atoms with E-state index < -0.39 is 11.5 Å². The Morgan fingerprint density at radius 3 is 3.06 bits per heavy atom. The maximum absolute atomic E-state index is 11.8. The zero-order valence-electron chi connectivity index (χ0n) is 10.3. The lowest BCUT2D eigenvalue weighted by molar-refractivity contribution is -0.151. The van der Waals surface area contributed by atoms with Crippen LogP contribution < -0.4 is 10.5 Å². The van der Waals surface area contributed by atoms with E-state index >= 15 is 0 Å². The summed E-state index contributed by atoms with van der Waals surface area (Å²) in [7, 11) is 1.59. The molecular weight excluding hydrogens is 234 g/mol. The largest absolute Gasteiger partial charge is 0.497 e. The highest BCUT2D eigenvalue weighted by molar-refractivity contribution is 5.81. The Kier molecular flexibility index (Phi) is 3.84. The van der Waals surface area contributed by atoms with Gasteiger partial charge in [-0.25, -0.2) is 4.79 Å². The van der Waals surface area contributed by atoms with Crippen molar-refractivity contribution in [2.75, 3.05) is 20.3 Å². The van der Waals surface area contributed by atoms with Crippen LogP contribution in [-0.4, -0.2) is 31.8 Å². The molecule has 1 unspecified atom stereocenters. The Hall–Kier alpha value is -1.59. The molecule has 2 rings (SSSR count). The van der Waals surface area contributed by atoms with Crippen LogP contribution in [0, 0.1) is 0 Å². The predicted molar refractivity (Wildman–Crippen MR) is 65.1 cm³/mol. The number of esters is 1. The zero-order valence-corrected chi connectivity index (χ0v) is 10.3. The first-order valence-electron chi connectivity index (χ1n) is 5.81. The molecule has 1 atom stereocenters. The maximum Gasteiger partial charge on any atom is 0.328 e. The van der Waals surface area contributed by atoms with Gasteiger partial charge in [0, 0.05) is 13.0 Å². The topological polar surface area (TPSA) is 70.8 Å². The minimum absolute atomic E-state index is 0.189. The van der Waals surface area contributed by atoms with Crippen LogP contribution in [0.25, 0.3) is 0 Å². The normalized spacial score (nSPS) is 22.8. The lowest BCUT2D eigenvalue weighted by Gasteiger charge is -2.19. The number of ether oxygens (including phenoxy) is 3. The molecule has 1 saturated heterocycles. The first-order chi connectivity index (χ1) is 8.64. The molecule has 98 valence electrons. The van der Waals surface area contributed by atoms with Gasteiger partial charge in [-0.05, 0) is 17.7 Å². The number of benzene rings is 1. The lowest BCUT2D eigenvalue weighted by Crippen LogP contribution is -2.49. The monoisotopic (exact) mass is 251 g/mol. The Labute approximate surface area is 106 Å². The van der Waals surface area contributed by atoms with E-state index in [1.807, 2.05) is 24.3 Å². The smallest absolute Gasteiger partial charge is 0.328 e. The van der Waals surface area contributed by atoms with Crippen LogP contribution in [0.5, 0.6) is 5.75 Å². The Bertz CT molecular complexity index is 427. The molecule has 0 aliphatic carbocycles. The average molecular weight is 251 g/mol. The third kappa shape index (κ3) is 2.80. The first kappa shape index (κ1) is 12.9. The van der Waals surface area contributed by atoms with E-state index in [1.165, 1.54) is 0 Å². The molecule has 1 heterocycles. The Morgan fingerprint density at radius 1 is 1.56 bits per heavy atom. The number of nitrogens with two attached hydrogens (primary N) is 1. The third-order valence-corrected chi connectivity index (χ3v) is 2.96. The van der Waals surface area contributed by atoms with E-state index in [9.17, 15) is 4.79 Å². The summed E-state index contributed by atoms with van der Waals surface area (Å²) in [4.78, 5) is 11.8. The van der Waals surface area contributed by atoms with Gasteiger partial charge in [-0.1, -0.05) is 12.1 Å². The third-order valence-electron chi connectivity index (χ3n) is 2.96. The Balaban J connectivity index is 1.92. The summed E-state index contributed by atoms with van der Waals surface area (Å²) in [5, 5.41) is 0. The second-order valence-corrected chi connectivity index (χ2v) is 4.39. The molecule has 0 spiro atoms. The van der Waals surface area contributed by atoms with E-state index in [2.05, 4.69) is 0 Å². The van der Waals surface area contributed by atoms with Gasteiger partial charge in [-0.3, -0.25) is 0 Å². The van der Waals surface area contributed by atoms with Gasteiger partial charge in [0.05, 0.1) is 13.7 Å². The number of rotatable bonds is 4. The molecule has 5 heteroatoms. The van der Waals surface area contributed by atoms with Crippen molar-refractivity contribution in [3.05, 3.63) is 29.8 Å². The van der Waals surface area contributed by atoms with Gasteiger partial charge in [-0.15, -0.1) is 0 Å². The summed E-state index contributed by atoms with van der Waals surface area (Å²) >= 11 is 0. The van der Waals surface area contributed by atoms with Crippen molar-refractivity contribution in [2.45, 2.75) is 18.6 Å². The molecule has 0 radical (unpaired) electrons. The number of hydrogen-bond donors (Lipinski definition) is 1. The van der Waals surface area contributed by atoms with Crippen molar-refractivity contribution in [3.63, 3.8) is 0 Å². The minimum Gasteiger partial charge on any atom is -0.497 e. The second-order valence-electron chi connectivity index (χ2n) is 4.39. The number of hydrogen-bond acceptors (Lipinski definition) is 5. The molecule has 0 aromatic heterocycles. The van der Waals surface area contributed by atoms with Gasteiger partial charge in [-0.2, -0.15) is 0 Å². The van der Waals surface area contributed by atoms with Crippen LogP contribution in [0.3, 0.4) is 0 Å². The fourth-order valence-corrected chi connectivity index (χ4v) is 1.80. The van der Waals surface area contributed by atoms with Crippen molar-refractivity contribution in [1.82, 2.24) is 0 Å². The molecule has 5 nitrogen and oxygen atoms in total. The van der Waals surface area contributed by atoms with Gasteiger partial charge >= 0.3 is 5.97 Å². The molecule has 0 bridgehead atoms. The highest BCUT2D eigenvalue weighted by atomic mass is 16.5. The lowest BCUT2D eigenvalue weighted by atomic mass is 10.0. The van der Waals surface area contributed by atoms with E-state index in [4.69, 9.17) is 19.9 Å². The van der Waals surface area contributed by atoms with E-state index in [0.717, 1.165) is 11.3 Å². The fraction of sp³-hybridized carbons (Fsp3) is 0.462. The number of methoxy groups -OCH3 is 1. The molecule has 1 aliphatic heterocycles. The van der Waals surface area contributed by atoms with Crippen LogP contribution in [0.2, 0.25) is 0 Å². The van der Waals surface area contributed by atoms with Crippen molar-refractivity contribution < 1.29 is 19.0 Å². The van der Waals surface area contributed by atoms with Gasteiger partial charge < -0.3 is 19.9 Å². The highest BCUT2D eigenvalue weighted by Gasteiger charge is 2.39. The molecule has 18 heavy (non-hydrogen) atoms. The molecule has 2 N–H and O–H groups in total. The van der Waals surface area contributed by atoms with Crippen LogP contribution in [-0.2, 0) is 20.9 Å². The van der Waals surface area contributed by atoms with Crippen molar-refractivity contribution in [1.29, 1.82) is 0 Å². The van der Waals surface area contributed by atoms with Gasteiger partial charge in [0.25, 0.3) is 0 Å². The molecule has 0 saturated carbocycles. The van der Waals surface area contributed by atoms with Crippen LogP contribution in [0.4, 0.5) is 0 Å². The van der Waals surface area contributed by atoms with Crippen molar-refractivity contribution in [2.24, 2.45) is 5.73 Å². The van der Waals surface area contributed by atoms with E-state index in [0.29, 0.717) is 13.0 Å². The molecule has 1 aromatic rings. The maximum atomic E-state index is 11.8. The summed E-state index contributed by atoms with van der Waals surface area (Å²) in [5.74, 6) is 0.318. The molecule has 1 aliphatic rings. The molecule has 1 fully saturated rings. The quantitative estimate of drug-likeness (QED) is 0.803. The average Bonchev–Trinajstić information content (AvgIpc) is 2.84. The van der Waals surface area contributed by atoms with Crippen molar-refractivity contribution in [3.8, 4) is 5.75 Å². The summed E-state index contributed by atoms with van der Waals surface area (Å²) in [6, 6.07) is 7.37. The standard InChI is InChI=1S/C13H17NO4/c1-16-11-4-2-3-10(7-11)8-18-12(15)13(14)5-6-17-9-13/h2-4,7H,5-6,8-9,14H2,1H3. The van der Waals surface area contributed by atoms with Gasteiger partial charge in [0.2, 0.25) is 0 Å². The van der Waals surface area contributed by atoms with Crippen molar-refractivity contribution >= 4 is 5.97 Å². The predicted octanol–water partition coefficient (Wildman–Crippen LogP) is 0.856. The van der Waals surface area contributed by atoms with Gasteiger partial charge in [0.1, 0.15) is 17.9 Å². The summed E-state index contributed by atoms with van der Waals surface area (Å²) in [6.45, 7) is 0.920.